The Morgan fingerprint density at radius 2 is 1.75 bits per heavy atom. The summed E-state index contributed by atoms with van der Waals surface area (Å²) in [4.78, 5) is 2.45. The zero-order valence-electron chi connectivity index (χ0n) is 12.1. The van der Waals surface area contributed by atoms with Crippen LogP contribution >= 0.6 is 11.6 Å². The van der Waals surface area contributed by atoms with E-state index in [4.69, 9.17) is 11.6 Å². The Morgan fingerprint density at radius 3 is 2.35 bits per heavy atom. The highest BCUT2D eigenvalue weighted by atomic mass is 35.5. The lowest BCUT2D eigenvalue weighted by Gasteiger charge is -2.45. The molecule has 0 amide bonds. The zero-order valence-corrected chi connectivity index (χ0v) is 12.8. The summed E-state index contributed by atoms with van der Waals surface area (Å²) in [6.07, 6.45) is 9.81. The summed E-state index contributed by atoms with van der Waals surface area (Å²) >= 11 is 6.20. The maximum absolute atomic E-state index is 9.19. The summed E-state index contributed by atoms with van der Waals surface area (Å²) in [7, 11) is 0. The van der Waals surface area contributed by atoms with Crippen molar-refractivity contribution in [2.75, 3.05) is 18.0 Å². The van der Waals surface area contributed by atoms with Crippen LogP contribution in [0.5, 0.6) is 0 Å². The molecule has 1 aromatic carbocycles. The molecular weight excluding hydrogens is 270 g/mol. The summed E-state index contributed by atoms with van der Waals surface area (Å²) < 4.78 is 0. The van der Waals surface area contributed by atoms with Gasteiger partial charge in [0.15, 0.2) is 0 Å². The number of rotatable bonds is 2. The normalized spacial score (nSPS) is 22.2. The van der Waals surface area contributed by atoms with Gasteiger partial charge in [-0.3, -0.25) is 0 Å². The van der Waals surface area contributed by atoms with E-state index in [1.807, 2.05) is 12.1 Å². The Balaban J connectivity index is 1.67. The number of benzene rings is 1. The standard InChI is InChI=1S/C17H24ClNO/c18-16-12-15(5-4-14(16)13-20)19-10-8-17(9-11-19)6-2-1-3-7-17/h4-5,12,20H,1-3,6-11,13H2. The topological polar surface area (TPSA) is 23.5 Å². The number of nitrogens with zero attached hydrogens (tertiary/aromatic N) is 1. The maximum atomic E-state index is 9.19. The molecule has 1 aliphatic heterocycles. The number of aliphatic hydroxyl groups excluding tert-OH is 1. The molecule has 0 atom stereocenters. The highest BCUT2D eigenvalue weighted by molar-refractivity contribution is 6.31. The van der Waals surface area contributed by atoms with Crippen molar-refractivity contribution in [2.45, 2.75) is 51.6 Å². The molecule has 0 aromatic heterocycles. The largest absolute Gasteiger partial charge is 0.392 e. The Bertz CT molecular complexity index is 458. The second-order valence-electron chi connectivity index (χ2n) is 6.48. The number of halogens is 1. The third-order valence-corrected chi connectivity index (χ3v) is 5.66. The van der Waals surface area contributed by atoms with Crippen LogP contribution in [0.3, 0.4) is 0 Å². The number of anilines is 1. The lowest BCUT2D eigenvalue weighted by atomic mass is 9.68. The Morgan fingerprint density at radius 1 is 1.05 bits per heavy atom. The van der Waals surface area contributed by atoms with Crippen LogP contribution in [0.25, 0.3) is 0 Å². The maximum Gasteiger partial charge on any atom is 0.0696 e. The average molecular weight is 294 g/mol. The van der Waals surface area contributed by atoms with E-state index in [0.29, 0.717) is 10.4 Å². The molecule has 2 fully saturated rings. The number of hydrogen-bond acceptors (Lipinski definition) is 2. The molecule has 1 aliphatic carbocycles. The van der Waals surface area contributed by atoms with Crippen LogP contribution in [0, 0.1) is 5.41 Å². The molecule has 3 heteroatoms. The summed E-state index contributed by atoms with van der Waals surface area (Å²) in [5, 5.41) is 9.87. The zero-order chi connectivity index (χ0) is 14.0. The number of hydrogen-bond donors (Lipinski definition) is 1. The lowest BCUT2D eigenvalue weighted by Crippen LogP contribution is -2.41. The van der Waals surface area contributed by atoms with Crippen LogP contribution in [0.2, 0.25) is 5.02 Å². The first-order valence-electron chi connectivity index (χ1n) is 7.87. The van der Waals surface area contributed by atoms with E-state index < -0.39 is 0 Å². The molecule has 0 bridgehead atoms. The van der Waals surface area contributed by atoms with Gasteiger partial charge in [-0.1, -0.05) is 36.9 Å². The second kappa shape index (κ2) is 5.95. The van der Waals surface area contributed by atoms with E-state index in [-0.39, 0.29) is 6.61 Å². The van der Waals surface area contributed by atoms with Crippen LogP contribution in [0.1, 0.15) is 50.5 Å². The van der Waals surface area contributed by atoms with Crippen molar-refractivity contribution in [1.29, 1.82) is 0 Å². The lowest BCUT2D eigenvalue weighted by molar-refractivity contribution is 0.144. The molecule has 1 spiro atoms. The highest BCUT2D eigenvalue weighted by Gasteiger charge is 2.35. The fraction of sp³-hybridized carbons (Fsp3) is 0.647. The third-order valence-electron chi connectivity index (χ3n) is 5.31. The molecule has 2 nitrogen and oxygen atoms in total. The van der Waals surface area contributed by atoms with Crippen LogP contribution in [-0.4, -0.2) is 18.2 Å². The molecule has 1 aromatic rings. The van der Waals surface area contributed by atoms with Gasteiger partial charge in [-0.05, 0) is 48.8 Å². The molecule has 0 unspecified atom stereocenters. The van der Waals surface area contributed by atoms with E-state index in [9.17, 15) is 5.11 Å². The number of piperidine rings is 1. The van der Waals surface area contributed by atoms with E-state index in [2.05, 4.69) is 11.0 Å². The van der Waals surface area contributed by atoms with Crippen molar-refractivity contribution < 1.29 is 5.11 Å². The van der Waals surface area contributed by atoms with Crippen LogP contribution < -0.4 is 4.90 Å². The van der Waals surface area contributed by atoms with Crippen LogP contribution in [0.4, 0.5) is 5.69 Å². The monoisotopic (exact) mass is 293 g/mol. The molecule has 0 radical (unpaired) electrons. The second-order valence-corrected chi connectivity index (χ2v) is 6.89. The van der Waals surface area contributed by atoms with Gasteiger partial charge in [-0.15, -0.1) is 0 Å². The van der Waals surface area contributed by atoms with Crippen LogP contribution in [0.15, 0.2) is 18.2 Å². The van der Waals surface area contributed by atoms with Gasteiger partial charge >= 0.3 is 0 Å². The Hall–Kier alpha value is -0.730. The predicted molar refractivity (Wildman–Crippen MR) is 84.3 cm³/mol. The minimum absolute atomic E-state index is 0.0161. The van der Waals surface area contributed by atoms with Gasteiger partial charge in [0.25, 0.3) is 0 Å². The summed E-state index contributed by atoms with van der Waals surface area (Å²) in [5.74, 6) is 0. The molecular formula is C17H24ClNO. The van der Waals surface area contributed by atoms with Gasteiger partial charge in [0.2, 0.25) is 0 Å². The molecule has 1 N–H and O–H groups in total. The fourth-order valence-corrected chi connectivity index (χ4v) is 4.14. The molecule has 2 aliphatic rings. The van der Waals surface area contributed by atoms with Gasteiger partial charge in [0.1, 0.15) is 0 Å². The van der Waals surface area contributed by atoms with E-state index >= 15 is 0 Å². The first-order chi connectivity index (χ1) is 9.72. The minimum Gasteiger partial charge on any atom is -0.392 e. The van der Waals surface area contributed by atoms with Gasteiger partial charge in [-0.2, -0.15) is 0 Å². The first-order valence-corrected chi connectivity index (χ1v) is 8.25. The molecule has 20 heavy (non-hydrogen) atoms. The smallest absolute Gasteiger partial charge is 0.0696 e. The summed E-state index contributed by atoms with van der Waals surface area (Å²) in [6, 6.07) is 6.05. The summed E-state index contributed by atoms with van der Waals surface area (Å²) in [6.45, 7) is 2.31. The van der Waals surface area contributed by atoms with Gasteiger partial charge in [-0.25, -0.2) is 0 Å². The van der Waals surface area contributed by atoms with Gasteiger partial charge in [0, 0.05) is 23.8 Å². The van der Waals surface area contributed by atoms with E-state index in [1.54, 1.807) is 0 Å². The summed E-state index contributed by atoms with van der Waals surface area (Å²) in [5.41, 5.74) is 2.66. The Kier molecular flexibility index (Phi) is 4.23. The minimum atomic E-state index is 0.0161. The SMILES string of the molecule is OCc1ccc(N2CCC3(CCCCC3)CC2)cc1Cl. The van der Waals surface area contributed by atoms with Crippen molar-refractivity contribution in [2.24, 2.45) is 5.41 Å². The quantitative estimate of drug-likeness (QED) is 0.874. The first kappa shape index (κ1) is 14.2. The highest BCUT2D eigenvalue weighted by Crippen LogP contribution is 2.45. The van der Waals surface area contributed by atoms with Crippen LogP contribution in [-0.2, 0) is 6.61 Å². The van der Waals surface area contributed by atoms with Crippen molar-refractivity contribution in [3.63, 3.8) is 0 Å². The van der Waals surface area contributed by atoms with E-state index in [1.165, 1.54) is 50.6 Å². The molecule has 1 heterocycles. The van der Waals surface area contributed by atoms with Crippen molar-refractivity contribution in [3.05, 3.63) is 28.8 Å². The fourth-order valence-electron chi connectivity index (χ4n) is 3.90. The Labute approximate surface area is 126 Å². The van der Waals surface area contributed by atoms with Crippen molar-refractivity contribution >= 4 is 17.3 Å². The third kappa shape index (κ3) is 2.82. The number of aliphatic hydroxyl groups is 1. The van der Waals surface area contributed by atoms with Gasteiger partial charge < -0.3 is 10.0 Å². The molecule has 1 saturated carbocycles. The molecule has 3 rings (SSSR count). The predicted octanol–water partition coefficient (Wildman–Crippen LogP) is 4.38. The van der Waals surface area contributed by atoms with Crippen molar-refractivity contribution in [1.82, 2.24) is 0 Å². The van der Waals surface area contributed by atoms with Gasteiger partial charge in [0.05, 0.1) is 6.61 Å². The van der Waals surface area contributed by atoms with Crippen molar-refractivity contribution in [3.8, 4) is 0 Å². The average Bonchev–Trinajstić information content (AvgIpc) is 2.49. The van der Waals surface area contributed by atoms with E-state index in [0.717, 1.165) is 18.7 Å². The molecule has 110 valence electrons. The molecule has 1 saturated heterocycles.